The van der Waals surface area contributed by atoms with Gasteiger partial charge in [-0.1, -0.05) is 0 Å². The van der Waals surface area contributed by atoms with Crippen LogP contribution in [0.25, 0.3) is 0 Å². The van der Waals surface area contributed by atoms with Crippen LogP contribution in [0.2, 0.25) is 0 Å². The molecule has 0 amide bonds. The van der Waals surface area contributed by atoms with Crippen LogP contribution in [0.5, 0.6) is 11.5 Å². The van der Waals surface area contributed by atoms with E-state index in [0.717, 1.165) is 15.6 Å². The molecule has 1 rings (SSSR count). The summed E-state index contributed by atoms with van der Waals surface area (Å²) >= 11 is 3.30. The number of hydrogen-bond acceptors (Lipinski definition) is 3. The number of aromatic hydroxyl groups is 1. The smallest absolute Gasteiger partial charge is 0.174 e. The normalized spacial score (nSPS) is 10.3. The number of phenols is 1. The Morgan fingerprint density at radius 1 is 1.50 bits per heavy atom. The Balaban J connectivity index is 3.28. The van der Waals surface area contributed by atoms with Crippen LogP contribution in [0, 0.1) is 6.92 Å². The first-order valence-corrected chi connectivity index (χ1v) is 5.07. The first kappa shape index (κ1) is 11.3. The molecule has 0 spiro atoms. The Bertz CT molecular complexity index is 337. The maximum atomic E-state index is 9.82. The van der Waals surface area contributed by atoms with Gasteiger partial charge in [-0.3, -0.25) is 0 Å². The fraction of sp³-hybridized carbons (Fsp3) is 0.400. The molecule has 3 nitrogen and oxygen atoms in total. The van der Waals surface area contributed by atoms with Gasteiger partial charge >= 0.3 is 0 Å². The van der Waals surface area contributed by atoms with Crippen molar-refractivity contribution in [3.05, 3.63) is 21.7 Å². The minimum Gasteiger partial charge on any atom is -0.504 e. The minimum atomic E-state index is 0.0131. The maximum Gasteiger partial charge on any atom is 0.174 e. The number of benzene rings is 1. The highest BCUT2D eigenvalue weighted by Gasteiger charge is 2.14. The average molecular weight is 261 g/mol. The molecular weight excluding hydrogens is 248 g/mol. The zero-order valence-electron chi connectivity index (χ0n) is 8.17. The van der Waals surface area contributed by atoms with Crippen molar-refractivity contribution in [3.63, 3.8) is 0 Å². The summed E-state index contributed by atoms with van der Waals surface area (Å²) in [6.45, 7) is 1.90. The van der Waals surface area contributed by atoms with Gasteiger partial charge in [0.2, 0.25) is 0 Å². The van der Waals surface area contributed by atoms with Crippen LogP contribution < -0.4 is 4.74 Å². The van der Waals surface area contributed by atoms with Gasteiger partial charge in [0.1, 0.15) is 0 Å². The Morgan fingerprint density at radius 2 is 2.14 bits per heavy atom. The Hall–Kier alpha value is -0.740. The Morgan fingerprint density at radius 3 is 2.64 bits per heavy atom. The first-order valence-electron chi connectivity index (χ1n) is 4.27. The summed E-state index contributed by atoms with van der Waals surface area (Å²) in [6, 6.07) is 1.86. The molecule has 4 heteroatoms. The summed E-state index contributed by atoms with van der Waals surface area (Å²) in [7, 11) is 1.50. The van der Waals surface area contributed by atoms with Crippen molar-refractivity contribution in [1.82, 2.24) is 0 Å². The summed E-state index contributed by atoms with van der Waals surface area (Å²) in [5, 5.41) is 18.7. The fourth-order valence-corrected chi connectivity index (χ4v) is 2.09. The molecule has 2 N–H and O–H groups in total. The van der Waals surface area contributed by atoms with Crippen LogP contribution in [0.1, 0.15) is 11.1 Å². The quantitative estimate of drug-likeness (QED) is 0.875. The van der Waals surface area contributed by atoms with Crippen LogP contribution in [0.4, 0.5) is 0 Å². The molecule has 0 fully saturated rings. The zero-order chi connectivity index (χ0) is 10.7. The van der Waals surface area contributed by atoms with Crippen molar-refractivity contribution in [2.45, 2.75) is 13.3 Å². The monoisotopic (exact) mass is 260 g/mol. The van der Waals surface area contributed by atoms with Gasteiger partial charge in [-0.2, -0.15) is 0 Å². The summed E-state index contributed by atoms with van der Waals surface area (Å²) in [6.07, 6.45) is 0.432. The van der Waals surface area contributed by atoms with Crippen LogP contribution in [0.3, 0.4) is 0 Å². The molecule has 0 aliphatic carbocycles. The second kappa shape index (κ2) is 4.66. The third-order valence-corrected chi connectivity index (χ3v) is 2.69. The molecule has 0 unspecified atom stereocenters. The predicted molar refractivity (Wildman–Crippen MR) is 57.9 cm³/mol. The van der Waals surface area contributed by atoms with Crippen molar-refractivity contribution in [2.24, 2.45) is 0 Å². The molecule has 0 aromatic heterocycles. The van der Waals surface area contributed by atoms with Crippen molar-refractivity contribution in [1.29, 1.82) is 0 Å². The standard InChI is InChI=1S/C10H13BrO3/c1-6-5-8(11)10(14-2)9(13)7(6)3-4-12/h5,12-13H,3-4H2,1-2H3. The molecule has 14 heavy (non-hydrogen) atoms. The molecule has 0 saturated carbocycles. The third kappa shape index (κ3) is 2.01. The topological polar surface area (TPSA) is 49.7 Å². The number of hydrogen-bond donors (Lipinski definition) is 2. The summed E-state index contributed by atoms with van der Waals surface area (Å²) < 4.78 is 5.76. The maximum absolute atomic E-state index is 9.82. The highest BCUT2D eigenvalue weighted by atomic mass is 79.9. The van der Waals surface area contributed by atoms with Crippen molar-refractivity contribution < 1.29 is 14.9 Å². The van der Waals surface area contributed by atoms with Crippen molar-refractivity contribution >= 4 is 15.9 Å². The van der Waals surface area contributed by atoms with Crippen molar-refractivity contribution in [2.75, 3.05) is 13.7 Å². The highest BCUT2D eigenvalue weighted by Crippen LogP contribution is 2.39. The van der Waals surface area contributed by atoms with E-state index in [0.29, 0.717) is 12.2 Å². The number of aryl methyl sites for hydroxylation is 1. The molecule has 0 saturated heterocycles. The van der Waals surface area contributed by atoms with Gasteiger partial charge in [-0.25, -0.2) is 0 Å². The highest BCUT2D eigenvalue weighted by molar-refractivity contribution is 9.10. The molecule has 0 heterocycles. The number of aliphatic hydroxyl groups is 1. The molecule has 0 atom stereocenters. The van der Waals surface area contributed by atoms with E-state index >= 15 is 0 Å². The minimum absolute atomic E-state index is 0.0131. The van der Waals surface area contributed by atoms with E-state index in [1.54, 1.807) is 0 Å². The summed E-state index contributed by atoms with van der Waals surface area (Å²) in [5.41, 5.74) is 1.66. The molecule has 0 aliphatic heterocycles. The number of phenolic OH excluding ortho intramolecular Hbond substituents is 1. The average Bonchev–Trinajstić information content (AvgIpc) is 2.12. The Labute approximate surface area is 91.5 Å². The van der Waals surface area contributed by atoms with E-state index in [9.17, 15) is 5.11 Å². The number of halogens is 1. The van der Waals surface area contributed by atoms with E-state index in [1.165, 1.54) is 7.11 Å². The lowest BCUT2D eigenvalue weighted by molar-refractivity contribution is 0.295. The summed E-state index contributed by atoms with van der Waals surface area (Å²) in [4.78, 5) is 0. The van der Waals surface area contributed by atoms with E-state index in [4.69, 9.17) is 9.84 Å². The Kier molecular flexibility index (Phi) is 3.77. The van der Waals surface area contributed by atoms with Crippen molar-refractivity contribution in [3.8, 4) is 11.5 Å². The van der Waals surface area contributed by atoms with Crippen LogP contribution in [-0.4, -0.2) is 23.9 Å². The van der Waals surface area contributed by atoms with E-state index in [-0.39, 0.29) is 12.4 Å². The second-order valence-electron chi connectivity index (χ2n) is 3.01. The predicted octanol–water partition coefficient (Wildman–Crippen LogP) is 2.01. The van der Waals surface area contributed by atoms with Crippen LogP contribution in [-0.2, 0) is 6.42 Å². The van der Waals surface area contributed by atoms with Crippen LogP contribution in [0.15, 0.2) is 10.5 Å². The largest absolute Gasteiger partial charge is 0.504 e. The van der Waals surface area contributed by atoms with Gasteiger partial charge in [0.05, 0.1) is 11.6 Å². The van der Waals surface area contributed by atoms with E-state index in [1.807, 2.05) is 13.0 Å². The van der Waals surface area contributed by atoms with Gasteiger partial charge in [0.15, 0.2) is 11.5 Å². The molecule has 1 aromatic rings. The lowest BCUT2D eigenvalue weighted by Gasteiger charge is -2.12. The molecule has 78 valence electrons. The molecule has 0 aliphatic rings. The van der Waals surface area contributed by atoms with Gasteiger partial charge in [-0.05, 0) is 40.9 Å². The number of rotatable bonds is 3. The molecule has 1 aromatic carbocycles. The van der Waals surface area contributed by atoms with Gasteiger partial charge < -0.3 is 14.9 Å². The zero-order valence-corrected chi connectivity index (χ0v) is 9.76. The first-order chi connectivity index (χ1) is 6.61. The van der Waals surface area contributed by atoms with Gasteiger partial charge in [0, 0.05) is 12.2 Å². The lowest BCUT2D eigenvalue weighted by atomic mass is 10.0. The second-order valence-corrected chi connectivity index (χ2v) is 3.86. The van der Waals surface area contributed by atoms with E-state index < -0.39 is 0 Å². The molecular formula is C10H13BrO3. The fourth-order valence-electron chi connectivity index (χ4n) is 1.40. The van der Waals surface area contributed by atoms with E-state index in [2.05, 4.69) is 15.9 Å². The van der Waals surface area contributed by atoms with Gasteiger partial charge in [0.25, 0.3) is 0 Å². The van der Waals surface area contributed by atoms with Gasteiger partial charge in [-0.15, -0.1) is 0 Å². The third-order valence-electron chi connectivity index (χ3n) is 2.10. The summed E-state index contributed by atoms with van der Waals surface area (Å²) in [5.74, 6) is 0.521. The molecule has 0 radical (unpaired) electrons. The number of aliphatic hydroxyl groups excluding tert-OH is 1. The van der Waals surface area contributed by atoms with Crippen LogP contribution >= 0.6 is 15.9 Å². The molecule has 0 bridgehead atoms. The lowest BCUT2D eigenvalue weighted by Crippen LogP contribution is -1.97. The SMILES string of the molecule is COc1c(Br)cc(C)c(CCO)c1O. The number of ether oxygens (including phenoxy) is 1. The number of methoxy groups -OCH3 is 1.